The van der Waals surface area contributed by atoms with Gasteiger partial charge in [-0.05, 0) is 63.2 Å². The van der Waals surface area contributed by atoms with Crippen LogP contribution in [0.5, 0.6) is 0 Å². The molecule has 3 nitrogen and oxygen atoms in total. The predicted octanol–water partition coefficient (Wildman–Crippen LogP) is 3.69. The number of rotatable bonds is 2. The fraction of sp³-hybridized carbons (Fsp3) is 0.923. The van der Waals surface area contributed by atoms with Crippen molar-refractivity contribution in [3.8, 4) is 0 Å². The number of hydrogen-bond donors (Lipinski definition) is 0. The topological polar surface area (TPSA) is 35.5 Å². The van der Waals surface area contributed by atoms with E-state index in [2.05, 4.69) is 0 Å². The second-order valence-corrected chi connectivity index (χ2v) is 6.73. The molecule has 0 radical (unpaired) electrons. The number of ether oxygens (including phenoxy) is 2. The van der Waals surface area contributed by atoms with Crippen molar-refractivity contribution in [1.82, 2.24) is 0 Å². The van der Waals surface area contributed by atoms with Gasteiger partial charge in [-0.25, -0.2) is 4.79 Å². The summed E-state index contributed by atoms with van der Waals surface area (Å²) in [5, 5.41) is 0. The van der Waals surface area contributed by atoms with Gasteiger partial charge in [0.2, 0.25) is 0 Å². The maximum atomic E-state index is 11.6. The van der Waals surface area contributed by atoms with Crippen molar-refractivity contribution in [2.75, 3.05) is 0 Å². The zero-order chi connectivity index (χ0) is 12.0. The highest BCUT2D eigenvalue weighted by Gasteiger charge is 2.53. The van der Waals surface area contributed by atoms with E-state index < -0.39 is 11.7 Å². The first kappa shape index (κ1) is 11.6. The number of halogens is 1. The van der Waals surface area contributed by atoms with E-state index in [1.807, 2.05) is 0 Å². The van der Waals surface area contributed by atoms with Crippen LogP contribution in [0.2, 0.25) is 0 Å². The van der Waals surface area contributed by atoms with Crippen molar-refractivity contribution in [2.45, 2.75) is 56.6 Å². The molecule has 0 N–H and O–H groups in total. The third-order valence-corrected chi connectivity index (χ3v) is 4.63. The van der Waals surface area contributed by atoms with E-state index >= 15 is 0 Å². The van der Waals surface area contributed by atoms with Gasteiger partial charge in [0.25, 0.3) is 0 Å². The first-order valence-corrected chi connectivity index (χ1v) is 7.02. The Balaban J connectivity index is 1.68. The van der Waals surface area contributed by atoms with E-state index in [1.54, 1.807) is 6.92 Å². The highest BCUT2D eigenvalue weighted by molar-refractivity contribution is 6.19. The maximum absolute atomic E-state index is 11.6. The number of carbonyl (C=O) groups excluding carboxylic acids is 1. The number of alkyl halides is 1. The predicted molar refractivity (Wildman–Crippen MR) is 63.8 cm³/mol. The lowest BCUT2D eigenvalue weighted by Gasteiger charge is -2.55. The van der Waals surface area contributed by atoms with Crippen molar-refractivity contribution >= 4 is 17.8 Å². The van der Waals surface area contributed by atoms with Crippen LogP contribution in [0, 0.1) is 17.8 Å². The van der Waals surface area contributed by atoms with Gasteiger partial charge in [-0.2, -0.15) is 0 Å². The van der Waals surface area contributed by atoms with Crippen LogP contribution in [-0.4, -0.2) is 17.3 Å². The Hall–Kier alpha value is -0.440. The van der Waals surface area contributed by atoms with Crippen molar-refractivity contribution in [1.29, 1.82) is 0 Å². The Morgan fingerprint density at radius 3 is 2.06 bits per heavy atom. The number of carbonyl (C=O) groups is 1. The monoisotopic (exact) mass is 258 g/mol. The summed E-state index contributed by atoms with van der Waals surface area (Å²) < 4.78 is 10.5. The van der Waals surface area contributed by atoms with Gasteiger partial charge >= 0.3 is 6.16 Å². The summed E-state index contributed by atoms with van der Waals surface area (Å²) in [6.45, 7) is 1.63. The molecule has 0 aromatic carbocycles. The second-order valence-electron chi connectivity index (χ2n) is 6.11. The SMILES string of the molecule is CC(Cl)OC(=O)OC12CC3CC(CC(C3)C1)C2. The van der Waals surface area contributed by atoms with Crippen LogP contribution in [0.4, 0.5) is 4.79 Å². The van der Waals surface area contributed by atoms with Crippen LogP contribution in [-0.2, 0) is 9.47 Å². The molecule has 4 fully saturated rings. The lowest BCUT2D eigenvalue weighted by molar-refractivity contribution is -0.142. The van der Waals surface area contributed by atoms with Gasteiger partial charge in [0, 0.05) is 0 Å². The second kappa shape index (κ2) is 4.04. The molecule has 17 heavy (non-hydrogen) atoms. The summed E-state index contributed by atoms with van der Waals surface area (Å²) in [7, 11) is 0. The molecule has 4 rings (SSSR count). The van der Waals surface area contributed by atoms with Gasteiger partial charge in [0.05, 0.1) is 0 Å². The fourth-order valence-electron chi connectivity index (χ4n) is 4.49. The molecule has 1 unspecified atom stereocenters. The Bertz CT molecular complexity index is 291. The van der Waals surface area contributed by atoms with Crippen molar-refractivity contribution in [2.24, 2.45) is 17.8 Å². The van der Waals surface area contributed by atoms with Crippen molar-refractivity contribution < 1.29 is 14.3 Å². The van der Waals surface area contributed by atoms with Gasteiger partial charge in [0.15, 0.2) is 5.56 Å². The molecule has 4 heteroatoms. The third kappa shape index (κ3) is 2.26. The molecule has 0 amide bonds. The highest BCUT2D eigenvalue weighted by atomic mass is 35.5. The number of hydrogen-bond acceptors (Lipinski definition) is 3. The summed E-state index contributed by atoms with van der Waals surface area (Å²) in [6.07, 6.45) is 6.52. The van der Waals surface area contributed by atoms with E-state index in [0.717, 1.165) is 37.0 Å². The summed E-state index contributed by atoms with van der Waals surface area (Å²) in [4.78, 5) is 11.6. The molecule has 0 heterocycles. The Labute approximate surface area is 107 Å². The lowest BCUT2D eigenvalue weighted by Crippen LogP contribution is -2.52. The zero-order valence-electron chi connectivity index (χ0n) is 10.2. The lowest BCUT2D eigenvalue weighted by atomic mass is 9.54. The molecule has 0 aromatic heterocycles. The Kier molecular flexibility index (Phi) is 2.77. The normalized spacial score (nSPS) is 44.5. The minimum atomic E-state index is -0.614. The molecule has 1 atom stereocenters. The molecular formula is C13H19ClO3. The maximum Gasteiger partial charge on any atom is 0.510 e. The standard InChI is InChI=1S/C13H19ClO3/c1-8(14)16-12(15)17-13-5-9-2-10(6-13)4-11(3-9)7-13/h8-11H,2-7H2,1H3. The molecule has 4 aliphatic carbocycles. The first-order valence-electron chi connectivity index (χ1n) is 6.58. The smallest absolute Gasteiger partial charge is 0.428 e. The van der Waals surface area contributed by atoms with Gasteiger partial charge < -0.3 is 9.47 Å². The summed E-state index contributed by atoms with van der Waals surface area (Å²) in [5.41, 5.74) is -0.839. The molecule has 4 saturated carbocycles. The molecule has 0 aliphatic heterocycles. The molecule has 96 valence electrons. The molecule has 4 bridgehead atoms. The van der Waals surface area contributed by atoms with Crippen molar-refractivity contribution in [3.63, 3.8) is 0 Å². The van der Waals surface area contributed by atoms with Crippen LogP contribution in [0.3, 0.4) is 0 Å². The van der Waals surface area contributed by atoms with E-state index in [1.165, 1.54) is 19.3 Å². The highest BCUT2D eigenvalue weighted by Crippen LogP contribution is 2.57. The quantitative estimate of drug-likeness (QED) is 0.560. The Morgan fingerprint density at radius 2 is 1.65 bits per heavy atom. The van der Waals surface area contributed by atoms with E-state index in [-0.39, 0.29) is 5.60 Å². The third-order valence-electron chi connectivity index (χ3n) is 4.54. The van der Waals surface area contributed by atoms with E-state index in [4.69, 9.17) is 21.1 Å². The van der Waals surface area contributed by atoms with E-state index in [9.17, 15) is 4.79 Å². The van der Waals surface area contributed by atoms with Crippen LogP contribution in [0.15, 0.2) is 0 Å². The summed E-state index contributed by atoms with van der Waals surface area (Å²) in [6, 6.07) is 0. The average molecular weight is 259 g/mol. The fourth-order valence-corrected chi connectivity index (χ4v) is 4.56. The minimum absolute atomic E-state index is 0.225. The van der Waals surface area contributed by atoms with Crippen LogP contribution >= 0.6 is 11.6 Å². The van der Waals surface area contributed by atoms with Gasteiger partial charge in [-0.15, -0.1) is 0 Å². The van der Waals surface area contributed by atoms with Gasteiger partial charge in [-0.3, -0.25) is 0 Å². The summed E-state index contributed by atoms with van der Waals surface area (Å²) in [5.74, 6) is 2.30. The summed E-state index contributed by atoms with van der Waals surface area (Å²) >= 11 is 5.64. The molecule has 4 aliphatic rings. The molecule has 0 saturated heterocycles. The molecule has 0 spiro atoms. The first-order chi connectivity index (χ1) is 8.05. The average Bonchev–Trinajstić information content (AvgIpc) is 2.11. The molecule has 0 aromatic rings. The van der Waals surface area contributed by atoms with Crippen LogP contribution < -0.4 is 0 Å². The van der Waals surface area contributed by atoms with E-state index in [0.29, 0.717) is 0 Å². The van der Waals surface area contributed by atoms with Gasteiger partial charge in [0.1, 0.15) is 5.60 Å². The van der Waals surface area contributed by atoms with Gasteiger partial charge in [-0.1, -0.05) is 11.6 Å². The molecular weight excluding hydrogens is 240 g/mol. The minimum Gasteiger partial charge on any atom is -0.428 e. The Morgan fingerprint density at radius 1 is 1.18 bits per heavy atom. The zero-order valence-corrected chi connectivity index (χ0v) is 10.9. The van der Waals surface area contributed by atoms with Crippen molar-refractivity contribution in [3.05, 3.63) is 0 Å². The largest absolute Gasteiger partial charge is 0.510 e. The van der Waals surface area contributed by atoms with Crippen LogP contribution in [0.25, 0.3) is 0 Å². The van der Waals surface area contributed by atoms with Crippen LogP contribution in [0.1, 0.15) is 45.4 Å².